The SMILES string of the molecule is OC[C@H]1CCCc2cc(Cl)ccc21. The van der Waals surface area contributed by atoms with Crippen molar-refractivity contribution in [2.75, 3.05) is 6.61 Å². The van der Waals surface area contributed by atoms with E-state index in [2.05, 4.69) is 6.07 Å². The van der Waals surface area contributed by atoms with Crippen LogP contribution < -0.4 is 0 Å². The van der Waals surface area contributed by atoms with Crippen LogP contribution in [0.4, 0.5) is 0 Å². The van der Waals surface area contributed by atoms with Crippen LogP contribution in [0.15, 0.2) is 18.2 Å². The van der Waals surface area contributed by atoms with Gasteiger partial charge in [0, 0.05) is 17.5 Å². The molecule has 1 aromatic carbocycles. The Hall–Kier alpha value is -0.530. The summed E-state index contributed by atoms with van der Waals surface area (Å²) < 4.78 is 0. The molecule has 1 atom stereocenters. The van der Waals surface area contributed by atoms with E-state index in [1.807, 2.05) is 12.1 Å². The van der Waals surface area contributed by atoms with Crippen molar-refractivity contribution in [2.24, 2.45) is 0 Å². The van der Waals surface area contributed by atoms with Crippen LogP contribution in [-0.4, -0.2) is 11.7 Å². The second kappa shape index (κ2) is 3.69. The van der Waals surface area contributed by atoms with Gasteiger partial charge in [-0.05, 0) is 42.5 Å². The summed E-state index contributed by atoms with van der Waals surface area (Å²) in [6, 6.07) is 5.99. The lowest BCUT2D eigenvalue weighted by molar-refractivity contribution is 0.253. The number of aliphatic hydroxyl groups excluding tert-OH is 1. The predicted molar refractivity (Wildman–Crippen MR) is 54.2 cm³/mol. The Morgan fingerprint density at radius 1 is 1.46 bits per heavy atom. The van der Waals surface area contributed by atoms with Crippen LogP contribution in [0.5, 0.6) is 0 Å². The van der Waals surface area contributed by atoms with Crippen molar-refractivity contribution >= 4 is 11.6 Å². The highest BCUT2D eigenvalue weighted by Gasteiger charge is 2.18. The third kappa shape index (κ3) is 1.72. The van der Waals surface area contributed by atoms with E-state index in [1.165, 1.54) is 17.5 Å². The highest BCUT2D eigenvalue weighted by Crippen LogP contribution is 2.32. The van der Waals surface area contributed by atoms with E-state index in [4.69, 9.17) is 11.6 Å². The van der Waals surface area contributed by atoms with Crippen molar-refractivity contribution in [3.05, 3.63) is 34.3 Å². The smallest absolute Gasteiger partial charge is 0.0499 e. The van der Waals surface area contributed by atoms with Crippen LogP contribution in [-0.2, 0) is 6.42 Å². The van der Waals surface area contributed by atoms with Crippen molar-refractivity contribution in [2.45, 2.75) is 25.2 Å². The molecule has 0 fully saturated rings. The first-order valence-electron chi connectivity index (χ1n) is 4.70. The number of hydrogen-bond donors (Lipinski definition) is 1. The Morgan fingerprint density at radius 2 is 2.31 bits per heavy atom. The third-order valence-electron chi connectivity index (χ3n) is 2.76. The summed E-state index contributed by atoms with van der Waals surface area (Å²) >= 11 is 5.91. The molecule has 1 nitrogen and oxygen atoms in total. The van der Waals surface area contributed by atoms with Crippen molar-refractivity contribution in [1.82, 2.24) is 0 Å². The summed E-state index contributed by atoms with van der Waals surface area (Å²) in [5, 5.41) is 9.98. The molecule has 0 unspecified atom stereocenters. The molecule has 0 heterocycles. The molecule has 2 heteroatoms. The van der Waals surface area contributed by atoms with Gasteiger partial charge >= 0.3 is 0 Å². The van der Waals surface area contributed by atoms with Crippen molar-refractivity contribution in [3.63, 3.8) is 0 Å². The van der Waals surface area contributed by atoms with Crippen LogP contribution in [0.2, 0.25) is 5.02 Å². The molecular weight excluding hydrogens is 184 g/mol. The van der Waals surface area contributed by atoms with E-state index in [9.17, 15) is 5.11 Å². The van der Waals surface area contributed by atoms with Gasteiger partial charge in [-0.1, -0.05) is 17.7 Å². The number of benzene rings is 1. The van der Waals surface area contributed by atoms with Crippen LogP contribution in [0.25, 0.3) is 0 Å². The number of halogens is 1. The lowest BCUT2D eigenvalue weighted by Gasteiger charge is -2.23. The van der Waals surface area contributed by atoms with Gasteiger partial charge in [-0.2, -0.15) is 0 Å². The zero-order valence-corrected chi connectivity index (χ0v) is 8.22. The van der Waals surface area contributed by atoms with Gasteiger partial charge in [-0.25, -0.2) is 0 Å². The Labute approximate surface area is 83.3 Å². The molecule has 1 aromatic rings. The first kappa shape index (κ1) is 9.04. The Kier molecular flexibility index (Phi) is 2.56. The van der Waals surface area contributed by atoms with Gasteiger partial charge in [-0.3, -0.25) is 0 Å². The highest BCUT2D eigenvalue weighted by molar-refractivity contribution is 6.30. The molecule has 0 saturated heterocycles. The van der Waals surface area contributed by atoms with E-state index in [-0.39, 0.29) is 6.61 Å². The Balaban J connectivity index is 2.40. The molecule has 0 radical (unpaired) electrons. The van der Waals surface area contributed by atoms with Crippen LogP contribution in [0, 0.1) is 0 Å². The molecule has 0 bridgehead atoms. The monoisotopic (exact) mass is 196 g/mol. The molecule has 70 valence electrons. The molecule has 1 aliphatic rings. The molecule has 2 rings (SSSR count). The van der Waals surface area contributed by atoms with Gasteiger partial charge in [0.25, 0.3) is 0 Å². The van der Waals surface area contributed by atoms with Crippen molar-refractivity contribution in [3.8, 4) is 0 Å². The van der Waals surface area contributed by atoms with Gasteiger partial charge in [0.1, 0.15) is 0 Å². The average Bonchev–Trinajstić information content (AvgIpc) is 2.16. The molecule has 0 saturated carbocycles. The van der Waals surface area contributed by atoms with E-state index in [1.54, 1.807) is 0 Å². The largest absolute Gasteiger partial charge is 0.396 e. The lowest BCUT2D eigenvalue weighted by atomic mass is 9.83. The van der Waals surface area contributed by atoms with E-state index in [0.717, 1.165) is 17.9 Å². The first-order valence-corrected chi connectivity index (χ1v) is 5.08. The average molecular weight is 197 g/mol. The maximum absolute atomic E-state index is 9.17. The first-order chi connectivity index (χ1) is 6.31. The maximum atomic E-state index is 9.17. The molecule has 1 aliphatic carbocycles. The van der Waals surface area contributed by atoms with Crippen LogP contribution >= 0.6 is 11.6 Å². The minimum Gasteiger partial charge on any atom is -0.396 e. The van der Waals surface area contributed by atoms with Gasteiger partial charge in [-0.15, -0.1) is 0 Å². The zero-order valence-electron chi connectivity index (χ0n) is 7.46. The Bertz CT molecular complexity index is 309. The van der Waals surface area contributed by atoms with Gasteiger partial charge < -0.3 is 5.11 Å². The summed E-state index contributed by atoms with van der Waals surface area (Å²) in [6.07, 6.45) is 3.37. The molecule has 0 aromatic heterocycles. The normalized spacial score (nSPS) is 21.2. The number of hydrogen-bond acceptors (Lipinski definition) is 1. The second-order valence-corrected chi connectivity index (χ2v) is 4.05. The van der Waals surface area contributed by atoms with Crippen LogP contribution in [0.1, 0.15) is 29.9 Å². The number of aryl methyl sites for hydroxylation is 1. The fourth-order valence-electron chi connectivity index (χ4n) is 2.07. The lowest BCUT2D eigenvalue weighted by Crippen LogP contribution is -2.12. The topological polar surface area (TPSA) is 20.2 Å². The minimum absolute atomic E-state index is 0.259. The fourth-order valence-corrected chi connectivity index (χ4v) is 2.27. The summed E-state index contributed by atoms with van der Waals surface area (Å²) in [6.45, 7) is 0.259. The van der Waals surface area contributed by atoms with Gasteiger partial charge in [0.15, 0.2) is 0 Å². The van der Waals surface area contributed by atoms with Crippen molar-refractivity contribution in [1.29, 1.82) is 0 Å². The standard InChI is InChI=1S/C11H13ClO/c12-10-4-5-11-8(6-10)2-1-3-9(11)7-13/h4-6,9,13H,1-3,7H2/t9-/m1/s1. The highest BCUT2D eigenvalue weighted by atomic mass is 35.5. The van der Waals surface area contributed by atoms with Gasteiger partial charge in [0.05, 0.1) is 0 Å². The second-order valence-electron chi connectivity index (χ2n) is 3.61. The third-order valence-corrected chi connectivity index (χ3v) is 3.00. The predicted octanol–water partition coefficient (Wildman–Crippen LogP) is 2.75. The molecule has 13 heavy (non-hydrogen) atoms. The Morgan fingerprint density at radius 3 is 3.08 bits per heavy atom. The number of aliphatic hydroxyl groups is 1. The van der Waals surface area contributed by atoms with Crippen molar-refractivity contribution < 1.29 is 5.11 Å². The fraction of sp³-hybridized carbons (Fsp3) is 0.455. The number of rotatable bonds is 1. The van der Waals surface area contributed by atoms with Gasteiger partial charge in [0.2, 0.25) is 0 Å². The minimum atomic E-state index is 0.259. The molecule has 0 amide bonds. The van der Waals surface area contributed by atoms with E-state index >= 15 is 0 Å². The molecule has 1 N–H and O–H groups in total. The van der Waals surface area contributed by atoms with Crippen LogP contribution in [0.3, 0.4) is 0 Å². The molecule has 0 spiro atoms. The summed E-state index contributed by atoms with van der Waals surface area (Å²) in [4.78, 5) is 0. The van der Waals surface area contributed by atoms with E-state index in [0.29, 0.717) is 5.92 Å². The summed E-state index contributed by atoms with van der Waals surface area (Å²) in [5.41, 5.74) is 2.61. The summed E-state index contributed by atoms with van der Waals surface area (Å²) in [7, 11) is 0. The maximum Gasteiger partial charge on any atom is 0.0499 e. The molecule has 0 aliphatic heterocycles. The van der Waals surface area contributed by atoms with E-state index < -0.39 is 0 Å². The quantitative estimate of drug-likeness (QED) is 0.733. The molecular formula is C11H13ClO. The number of fused-ring (bicyclic) bond motifs is 1. The summed E-state index contributed by atoms with van der Waals surface area (Å²) in [5.74, 6) is 0.334. The zero-order chi connectivity index (χ0) is 9.26.